The molecular formula is C27H38BrN3O3. The van der Waals surface area contributed by atoms with Gasteiger partial charge in [-0.1, -0.05) is 37.8 Å². The van der Waals surface area contributed by atoms with Crippen LogP contribution in [0.3, 0.4) is 0 Å². The molecular weight excluding hydrogens is 494 g/mol. The number of phenolic OH excluding ortho intramolecular Hbond substituents is 1. The molecule has 0 radical (unpaired) electrons. The van der Waals surface area contributed by atoms with Gasteiger partial charge in [0.15, 0.2) is 0 Å². The highest BCUT2D eigenvalue weighted by atomic mass is 79.9. The number of ketones is 1. The van der Waals surface area contributed by atoms with E-state index in [0.29, 0.717) is 32.4 Å². The number of carbonyl (C=O) groups is 2. The zero-order chi connectivity index (χ0) is 26.1. The molecule has 1 amide bonds. The van der Waals surface area contributed by atoms with Crippen LogP contribution in [-0.4, -0.2) is 41.8 Å². The third-order valence-corrected chi connectivity index (χ3v) is 6.13. The number of carbonyl (C=O) groups excluding carboxylic acids is 2. The predicted octanol–water partition coefficient (Wildman–Crippen LogP) is 4.87. The van der Waals surface area contributed by atoms with Gasteiger partial charge < -0.3 is 25.4 Å². The molecule has 0 heterocycles. The molecule has 1 aromatic carbocycles. The first-order valence-electron chi connectivity index (χ1n) is 11.2. The standard InChI is InChI=1S/C25H36BrN3O3.C2H2/c1-6-22(26)20(4)29(5)24(15-14-21-10-7-8-11-23(21)31)27-16-9-17-28-25(32)18(2)12-13-19(3)30;1-2/h6-8,10-11,15,18,27,31H,1,9,12-14,16-17H2,2-5H3,(H,28,32);1-2H/b22-20+,24-15-;. The number of Topliss-reactive ketones (excluding diaryl/α,β-unsaturated/α-hetero) is 1. The van der Waals surface area contributed by atoms with Crippen molar-refractivity contribution in [2.75, 3.05) is 20.1 Å². The molecule has 6 nitrogen and oxygen atoms in total. The lowest BCUT2D eigenvalue weighted by atomic mass is 10.0. The fraction of sp³-hybridized carbons (Fsp3) is 0.407. The molecule has 0 spiro atoms. The summed E-state index contributed by atoms with van der Waals surface area (Å²) in [6.07, 6.45) is 14.1. The number of hydrogen-bond donors (Lipinski definition) is 3. The Morgan fingerprint density at radius 2 is 1.82 bits per heavy atom. The van der Waals surface area contributed by atoms with Crippen molar-refractivity contribution in [1.82, 2.24) is 15.5 Å². The van der Waals surface area contributed by atoms with Gasteiger partial charge in [-0.2, -0.15) is 0 Å². The smallest absolute Gasteiger partial charge is 0.222 e. The molecule has 1 rings (SSSR count). The van der Waals surface area contributed by atoms with Crippen LogP contribution in [0.4, 0.5) is 0 Å². The summed E-state index contributed by atoms with van der Waals surface area (Å²) in [7, 11) is 1.96. The van der Waals surface area contributed by atoms with Crippen LogP contribution in [0.15, 0.2) is 59.0 Å². The van der Waals surface area contributed by atoms with E-state index in [4.69, 9.17) is 0 Å². The monoisotopic (exact) mass is 531 g/mol. The third kappa shape index (κ3) is 11.8. The average molecular weight is 533 g/mol. The number of phenols is 1. The number of terminal acetylenes is 1. The number of allylic oxidation sites excluding steroid dienone is 4. The van der Waals surface area contributed by atoms with Gasteiger partial charge in [-0.25, -0.2) is 0 Å². The molecule has 0 fully saturated rings. The number of hydrogen-bond acceptors (Lipinski definition) is 5. The molecule has 0 bridgehead atoms. The molecule has 1 atom stereocenters. The maximum Gasteiger partial charge on any atom is 0.222 e. The van der Waals surface area contributed by atoms with Gasteiger partial charge in [0.25, 0.3) is 0 Å². The number of nitrogens with one attached hydrogen (secondary N) is 2. The summed E-state index contributed by atoms with van der Waals surface area (Å²) < 4.78 is 0.891. The SMILES string of the molecule is C#C.C=C/C(Br)=C(/C)N(C)/C(=C\Cc1ccccc1O)NCCCNC(=O)C(C)CCC(C)=O. The van der Waals surface area contributed by atoms with Crippen LogP contribution in [0, 0.1) is 18.8 Å². The molecule has 0 aliphatic carbocycles. The molecule has 0 aliphatic rings. The molecule has 1 aromatic rings. The quantitative estimate of drug-likeness (QED) is 0.181. The van der Waals surface area contributed by atoms with Gasteiger partial charge in [-0.15, -0.1) is 12.8 Å². The molecule has 0 saturated heterocycles. The summed E-state index contributed by atoms with van der Waals surface area (Å²) in [5, 5.41) is 16.4. The summed E-state index contributed by atoms with van der Waals surface area (Å²) in [4.78, 5) is 25.3. The fourth-order valence-electron chi connectivity index (χ4n) is 2.95. The summed E-state index contributed by atoms with van der Waals surface area (Å²) in [6, 6.07) is 7.28. The summed E-state index contributed by atoms with van der Waals surface area (Å²) in [6.45, 7) is 10.4. The van der Waals surface area contributed by atoms with Crippen molar-refractivity contribution in [1.29, 1.82) is 0 Å². The predicted molar refractivity (Wildman–Crippen MR) is 144 cm³/mol. The van der Waals surface area contributed by atoms with Crippen LogP contribution in [0.5, 0.6) is 5.75 Å². The van der Waals surface area contributed by atoms with E-state index < -0.39 is 0 Å². The Hall–Kier alpha value is -2.98. The first-order chi connectivity index (χ1) is 16.2. The second-order valence-electron chi connectivity index (χ2n) is 7.83. The van der Waals surface area contributed by atoms with E-state index in [1.807, 2.05) is 44.0 Å². The Kier molecular flexibility index (Phi) is 16.0. The second kappa shape index (κ2) is 17.5. The number of benzene rings is 1. The van der Waals surface area contributed by atoms with Crippen molar-refractivity contribution in [2.24, 2.45) is 5.92 Å². The highest BCUT2D eigenvalue weighted by Gasteiger charge is 2.13. The molecule has 186 valence electrons. The minimum absolute atomic E-state index is 0.0209. The zero-order valence-electron chi connectivity index (χ0n) is 20.7. The van der Waals surface area contributed by atoms with Gasteiger partial charge in [-0.05, 0) is 66.7 Å². The molecule has 0 saturated carbocycles. The lowest BCUT2D eigenvalue weighted by molar-refractivity contribution is -0.125. The first kappa shape index (κ1) is 31.0. The normalized spacial score (nSPS) is 12.4. The van der Waals surface area contributed by atoms with Gasteiger partial charge in [0, 0.05) is 42.7 Å². The lowest BCUT2D eigenvalue weighted by Gasteiger charge is -2.26. The summed E-state index contributed by atoms with van der Waals surface area (Å²) in [5.41, 5.74) is 1.83. The topological polar surface area (TPSA) is 81.7 Å². The van der Waals surface area contributed by atoms with Crippen molar-refractivity contribution in [3.8, 4) is 18.6 Å². The van der Waals surface area contributed by atoms with Crippen LogP contribution in [-0.2, 0) is 16.0 Å². The molecule has 34 heavy (non-hydrogen) atoms. The van der Waals surface area contributed by atoms with Gasteiger partial charge >= 0.3 is 0 Å². The van der Waals surface area contributed by atoms with Crippen molar-refractivity contribution in [3.63, 3.8) is 0 Å². The Labute approximate surface area is 213 Å². The number of aromatic hydroxyl groups is 1. The van der Waals surface area contributed by atoms with E-state index in [-0.39, 0.29) is 23.4 Å². The van der Waals surface area contributed by atoms with Gasteiger partial charge in [0.1, 0.15) is 17.4 Å². The fourth-order valence-corrected chi connectivity index (χ4v) is 3.21. The highest BCUT2D eigenvalue weighted by molar-refractivity contribution is 9.11. The Bertz CT molecular complexity index is 890. The van der Waals surface area contributed by atoms with E-state index in [0.717, 1.165) is 28.0 Å². The van der Waals surface area contributed by atoms with Crippen LogP contribution < -0.4 is 10.6 Å². The van der Waals surface area contributed by atoms with Gasteiger partial charge in [0.05, 0.1) is 0 Å². The molecule has 3 N–H and O–H groups in total. The summed E-state index contributed by atoms with van der Waals surface area (Å²) in [5.74, 6) is 1.08. The van der Waals surface area contributed by atoms with Crippen molar-refractivity contribution >= 4 is 27.6 Å². The average Bonchev–Trinajstić information content (AvgIpc) is 2.84. The largest absolute Gasteiger partial charge is 0.508 e. The minimum atomic E-state index is -0.170. The molecule has 0 aliphatic heterocycles. The Morgan fingerprint density at radius 3 is 2.41 bits per heavy atom. The van der Waals surface area contributed by atoms with E-state index in [9.17, 15) is 14.7 Å². The number of nitrogens with zero attached hydrogens (tertiary/aromatic N) is 1. The molecule has 0 aromatic heterocycles. The summed E-state index contributed by atoms with van der Waals surface area (Å²) >= 11 is 3.52. The lowest BCUT2D eigenvalue weighted by Crippen LogP contribution is -2.33. The van der Waals surface area contributed by atoms with Crippen LogP contribution in [0.1, 0.15) is 45.6 Å². The van der Waals surface area contributed by atoms with Gasteiger partial charge in [0.2, 0.25) is 5.91 Å². The first-order valence-corrected chi connectivity index (χ1v) is 12.0. The zero-order valence-corrected chi connectivity index (χ0v) is 22.3. The van der Waals surface area contributed by atoms with Crippen molar-refractivity contribution < 1.29 is 14.7 Å². The molecule has 1 unspecified atom stereocenters. The van der Waals surface area contributed by atoms with E-state index >= 15 is 0 Å². The number of halogens is 1. The minimum Gasteiger partial charge on any atom is -0.508 e. The van der Waals surface area contributed by atoms with E-state index in [1.54, 1.807) is 25.1 Å². The van der Waals surface area contributed by atoms with E-state index in [2.05, 4.69) is 46.0 Å². The van der Waals surface area contributed by atoms with E-state index in [1.165, 1.54) is 0 Å². The van der Waals surface area contributed by atoms with Crippen LogP contribution in [0.25, 0.3) is 0 Å². The number of amides is 1. The Morgan fingerprint density at radius 1 is 1.21 bits per heavy atom. The number of rotatable bonds is 14. The number of para-hydroxylation sites is 1. The van der Waals surface area contributed by atoms with Crippen LogP contribution >= 0.6 is 15.9 Å². The second-order valence-corrected chi connectivity index (χ2v) is 8.69. The third-order valence-electron chi connectivity index (χ3n) is 5.23. The maximum atomic E-state index is 12.1. The highest BCUT2D eigenvalue weighted by Crippen LogP contribution is 2.20. The van der Waals surface area contributed by atoms with Crippen molar-refractivity contribution in [2.45, 2.75) is 46.5 Å². The molecule has 7 heteroatoms. The van der Waals surface area contributed by atoms with Gasteiger partial charge in [-0.3, -0.25) is 4.79 Å². The van der Waals surface area contributed by atoms with Crippen molar-refractivity contribution in [3.05, 3.63) is 64.6 Å². The maximum absolute atomic E-state index is 12.1. The van der Waals surface area contributed by atoms with Crippen LogP contribution in [0.2, 0.25) is 0 Å². The Balaban J connectivity index is 0.00000529.